The van der Waals surface area contributed by atoms with E-state index in [1.54, 1.807) is 11.3 Å². The first-order valence-electron chi connectivity index (χ1n) is 8.53. The number of rotatable bonds is 5. The number of nitrogens with zero attached hydrogens (tertiary/aromatic N) is 5. The molecule has 1 aliphatic heterocycles. The zero-order valence-electron chi connectivity index (χ0n) is 14.7. The third kappa shape index (κ3) is 4.14. The average Bonchev–Trinajstić information content (AvgIpc) is 3.16. The van der Waals surface area contributed by atoms with Gasteiger partial charge in [0.25, 0.3) is 0 Å². The molecular weight excluding hydrogens is 320 g/mol. The Hall–Kier alpha value is -1.89. The van der Waals surface area contributed by atoms with Crippen LogP contribution in [-0.2, 0) is 25.9 Å². The summed E-state index contributed by atoms with van der Waals surface area (Å²) < 4.78 is 2.31. The molecule has 0 unspecified atom stereocenters. The van der Waals surface area contributed by atoms with Gasteiger partial charge in [0.05, 0.1) is 22.9 Å². The molecule has 130 valence electrons. The summed E-state index contributed by atoms with van der Waals surface area (Å²) in [5.74, 6) is 2.14. The summed E-state index contributed by atoms with van der Waals surface area (Å²) in [7, 11) is 3.86. The van der Waals surface area contributed by atoms with Gasteiger partial charge in [0, 0.05) is 51.6 Å². The monoisotopic (exact) mass is 346 g/mol. The van der Waals surface area contributed by atoms with Crippen molar-refractivity contribution in [3.8, 4) is 0 Å². The van der Waals surface area contributed by atoms with Crippen molar-refractivity contribution in [1.29, 1.82) is 0 Å². The van der Waals surface area contributed by atoms with Crippen LogP contribution in [-0.4, -0.2) is 46.0 Å². The molecule has 0 amide bonds. The lowest BCUT2D eigenvalue weighted by molar-refractivity contribution is 0.471. The third-order valence-electron chi connectivity index (χ3n) is 4.26. The van der Waals surface area contributed by atoms with E-state index in [9.17, 15) is 0 Å². The lowest BCUT2D eigenvalue weighted by Crippen LogP contribution is -2.39. The zero-order chi connectivity index (χ0) is 16.9. The van der Waals surface area contributed by atoms with Crippen LogP contribution in [0.5, 0.6) is 0 Å². The first kappa shape index (κ1) is 17.0. The van der Waals surface area contributed by atoms with E-state index in [-0.39, 0.29) is 0 Å². The van der Waals surface area contributed by atoms with Crippen LogP contribution in [0, 0.1) is 6.92 Å². The SMILES string of the molecule is CN=C(NCCc1cn2c(n1)CCCC2)N(C)Cc1csc(C)n1. The number of imidazole rings is 1. The molecule has 7 heteroatoms. The van der Waals surface area contributed by atoms with Gasteiger partial charge >= 0.3 is 0 Å². The summed E-state index contributed by atoms with van der Waals surface area (Å²) in [6.07, 6.45) is 6.78. The molecule has 0 atom stereocenters. The summed E-state index contributed by atoms with van der Waals surface area (Å²) in [5.41, 5.74) is 2.26. The molecule has 1 aliphatic rings. The molecule has 24 heavy (non-hydrogen) atoms. The topological polar surface area (TPSA) is 58.3 Å². The Labute approximate surface area is 147 Å². The Morgan fingerprint density at radius 3 is 2.96 bits per heavy atom. The van der Waals surface area contributed by atoms with E-state index in [0.717, 1.165) is 49.1 Å². The second kappa shape index (κ2) is 7.79. The van der Waals surface area contributed by atoms with Crippen LogP contribution >= 0.6 is 11.3 Å². The molecule has 0 radical (unpaired) electrons. The maximum Gasteiger partial charge on any atom is 0.193 e. The van der Waals surface area contributed by atoms with E-state index in [0.29, 0.717) is 0 Å². The molecule has 0 bridgehead atoms. The number of aryl methyl sites for hydroxylation is 3. The molecule has 1 N–H and O–H groups in total. The van der Waals surface area contributed by atoms with Crippen molar-refractivity contribution in [1.82, 2.24) is 24.8 Å². The largest absolute Gasteiger partial charge is 0.356 e. The second-order valence-electron chi connectivity index (χ2n) is 6.24. The van der Waals surface area contributed by atoms with Crippen molar-refractivity contribution in [2.45, 2.75) is 45.7 Å². The minimum atomic E-state index is 0.767. The number of aromatic nitrogens is 3. The fraction of sp³-hybridized carbons (Fsp3) is 0.588. The summed E-state index contributed by atoms with van der Waals surface area (Å²) in [6, 6.07) is 0. The minimum Gasteiger partial charge on any atom is -0.356 e. The highest BCUT2D eigenvalue weighted by atomic mass is 32.1. The number of hydrogen-bond donors (Lipinski definition) is 1. The summed E-state index contributed by atoms with van der Waals surface area (Å²) in [4.78, 5) is 15.7. The molecule has 2 aromatic rings. The molecule has 3 heterocycles. The minimum absolute atomic E-state index is 0.767. The van der Waals surface area contributed by atoms with Crippen LogP contribution in [0.3, 0.4) is 0 Å². The van der Waals surface area contributed by atoms with E-state index >= 15 is 0 Å². The van der Waals surface area contributed by atoms with Crippen LogP contribution in [0.25, 0.3) is 0 Å². The first-order valence-corrected chi connectivity index (χ1v) is 9.41. The first-order chi connectivity index (χ1) is 11.7. The van der Waals surface area contributed by atoms with E-state index < -0.39 is 0 Å². The Bertz CT molecular complexity index is 678. The molecule has 0 fully saturated rings. The number of hydrogen-bond acceptors (Lipinski definition) is 4. The summed E-state index contributed by atoms with van der Waals surface area (Å²) in [6.45, 7) is 4.76. The van der Waals surface area contributed by atoms with Gasteiger partial charge in [-0.25, -0.2) is 9.97 Å². The van der Waals surface area contributed by atoms with Crippen molar-refractivity contribution in [3.63, 3.8) is 0 Å². The molecular formula is C17H26N6S. The van der Waals surface area contributed by atoms with Gasteiger partial charge in [0.2, 0.25) is 0 Å². The van der Waals surface area contributed by atoms with E-state index in [1.807, 2.05) is 21.0 Å². The van der Waals surface area contributed by atoms with E-state index in [2.05, 4.69) is 36.3 Å². The third-order valence-corrected chi connectivity index (χ3v) is 5.08. The van der Waals surface area contributed by atoms with Gasteiger partial charge in [-0.1, -0.05) is 0 Å². The Morgan fingerprint density at radius 1 is 1.38 bits per heavy atom. The van der Waals surface area contributed by atoms with Crippen molar-refractivity contribution < 1.29 is 0 Å². The average molecular weight is 347 g/mol. The Balaban J connectivity index is 1.49. The van der Waals surface area contributed by atoms with Gasteiger partial charge in [-0.15, -0.1) is 11.3 Å². The molecule has 0 aromatic carbocycles. The lowest BCUT2D eigenvalue weighted by Gasteiger charge is -2.21. The lowest BCUT2D eigenvalue weighted by atomic mass is 10.2. The molecule has 0 saturated heterocycles. The molecule has 0 aliphatic carbocycles. The standard InChI is InChI=1S/C17H26N6S/c1-13-20-15(12-24-13)10-22(3)17(18-2)19-8-7-14-11-23-9-5-4-6-16(23)21-14/h11-12H,4-10H2,1-3H3,(H,18,19). The maximum atomic E-state index is 4.75. The van der Waals surface area contributed by atoms with Gasteiger partial charge in [-0.05, 0) is 19.8 Å². The smallest absolute Gasteiger partial charge is 0.193 e. The molecule has 0 spiro atoms. The Morgan fingerprint density at radius 2 is 2.25 bits per heavy atom. The predicted octanol–water partition coefficient (Wildman–Crippen LogP) is 2.23. The fourth-order valence-electron chi connectivity index (χ4n) is 3.08. The van der Waals surface area contributed by atoms with Crippen molar-refractivity contribution >= 4 is 17.3 Å². The molecule has 6 nitrogen and oxygen atoms in total. The fourth-order valence-corrected chi connectivity index (χ4v) is 3.68. The van der Waals surface area contributed by atoms with Crippen molar-refractivity contribution in [2.24, 2.45) is 4.99 Å². The highest BCUT2D eigenvalue weighted by molar-refractivity contribution is 7.09. The number of thiazole rings is 1. The molecule has 0 saturated carbocycles. The van der Waals surface area contributed by atoms with Crippen molar-refractivity contribution in [2.75, 3.05) is 20.6 Å². The molecule has 2 aromatic heterocycles. The number of guanidine groups is 1. The second-order valence-corrected chi connectivity index (χ2v) is 7.30. The van der Waals surface area contributed by atoms with Gasteiger partial charge in [0.1, 0.15) is 5.82 Å². The van der Waals surface area contributed by atoms with Crippen LogP contribution < -0.4 is 5.32 Å². The maximum absolute atomic E-state index is 4.75. The van der Waals surface area contributed by atoms with Crippen LogP contribution in [0.2, 0.25) is 0 Å². The highest BCUT2D eigenvalue weighted by Crippen LogP contribution is 2.14. The quantitative estimate of drug-likeness (QED) is 0.666. The Kier molecular flexibility index (Phi) is 5.50. The van der Waals surface area contributed by atoms with Crippen LogP contribution in [0.1, 0.15) is 35.1 Å². The van der Waals surface area contributed by atoms with Gasteiger partial charge in [-0.3, -0.25) is 4.99 Å². The number of fused-ring (bicyclic) bond motifs is 1. The van der Waals surface area contributed by atoms with Gasteiger partial charge in [-0.2, -0.15) is 0 Å². The highest BCUT2D eigenvalue weighted by Gasteiger charge is 2.13. The van der Waals surface area contributed by atoms with Gasteiger partial charge in [0.15, 0.2) is 5.96 Å². The van der Waals surface area contributed by atoms with E-state index in [4.69, 9.17) is 4.98 Å². The van der Waals surface area contributed by atoms with Crippen LogP contribution in [0.15, 0.2) is 16.6 Å². The molecule has 3 rings (SSSR count). The number of aliphatic imine (C=N–C) groups is 1. The van der Waals surface area contributed by atoms with Crippen LogP contribution in [0.4, 0.5) is 0 Å². The zero-order valence-corrected chi connectivity index (χ0v) is 15.6. The van der Waals surface area contributed by atoms with Gasteiger partial charge < -0.3 is 14.8 Å². The predicted molar refractivity (Wildman–Crippen MR) is 98.5 cm³/mol. The van der Waals surface area contributed by atoms with Crippen molar-refractivity contribution in [3.05, 3.63) is 33.8 Å². The summed E-state index contributed by atoms with van der Waals surface area (Å²) in [5, 5.41) is 6.64. The number of nitrogens with one attached hydrogen (secondary N) is 1. The van der Waals surface area contributed by atoms with E-state index in [1.165, 1.54) is 24.4 Å². The normalized spacial score (nSPS) is 14.5. The summed E-state index contributed by atoms with van der Waals surface area (Å²) >= 11 is 1.69.